The summed E-state index contributed by atoms with van der Waals surface area (Å²) in [5, 5.41) is 15.4. The van der Waals surface area contributed by atoms with Gasteiger partial charge in [-0.15, -0.1) is 0 Å². The lowest BCUT2D eigenvalue weighted by Gasteiger charge is -2.24. The maximum Gasteiger partial charge on any atom is 0.244 e. The van der Waals surface area contributed by atoms with E-state index in [9.17, 15) is 9.90 Å². The molecule has 0 aliphatic heterocycles. The fourth-order valence-corrected chi connectivity index (χ4v) is 1.50. The number of likely N-dealkylation sites (N-methyl/N-ethyl adjacent to an activating group) is 1. The van der Waals surface area contributed by atoms with Gasteiger partial charge in [-0.2, -0.15) is 0 Å². The number of hydrogen-bond acceptors (Lipinski definition) is 3. The molecule has 4 heteroatoms. The molecule has 4 nitrogen and oxygen atoms in total. The van der Waals surface area contributed by atoms with Crippen LogP contribution in [-0.2, 0) is 4.79 Å². The fraction of sp³-hybridized carbons (Fsp3) is 0.462. The van der Waals surface area contributed by atoms with E-state index in [0.29, 0.717) is 5.69 Å². The van der Waals surface area contributed by atoms with Gasteiger partial charge in [-0.1, -0.05) is 13.0 Å². The average Bonchev–Trinajstić information content (AvgIpc) is 2.23. The number of hydrogen-bond donors (Lipinski definition) is 3. The van der Waals surface area contributed by atoms with Crippen molar-refractivity contribution in [1.82, 2.24) is 5.32 Å². The number of phenols is 1. The summed E-state index contributed by atoms with van der Waals surface area (Å²) in [5.41, 5.74) is 0.757. The number of amides is 1. The van der Waals surface area contributed by atoms with Crippen molar-refractivity contribution in [3.05, 3.63) is 23.8 Å². The van der Waals surface area contributed by atoms with Gasteiger partial charge >= 0.3 is 0 Å². The van der Waals surface area contributed by atoms with E-state index in [0.717, 1.165) is 12.1 Å². The summed E-state index contributed by atoms with van der Waals surface area (Å²) in [7, 11) is 0. The zero-order valence-electron chi connectivity index (χ0n) is 10.8. The Bertz CT molecular complexity index is 414. The van der Waals surface area contributed by atoms with Crippen molar-refractivity contribution < 1.29 is 9.90 Å². The van der Waals surface area contributed by atoms with Crippen LogP contribution in [0.15, 0.2) is 18.2 Å². The Balaban J connectivity index is 2.77. The minimum atomic E-state index is -0.630. The van der Waals surface area contributed by atoms with Crippen LogP contribution in [0.25, 0.3) is 0 Å². The zero-order chi connectivity index (χ0) is 13.1. The second kappa shape index (κ2) is 5.19. The van der Waals surface area contributed by atoms with Gasteiger partial charge in [0.1, 0.15) is 5.75 Å². The molecule has 0 saturated heterocycles. The number of carbonyl (C=O) groups excluding carboxylic acids is 1. The Morgan fingerprint density at radius 3 is 2.59 bits per heavy atom. The molecule has 0 heterocycles. The van der Waals surface area contributed by atoms with Gasteiger partial charge in [0.25, 0.3) is 0 Å². The van der Waals surface area contributed by atoms with E-state index >= 15 is 0 Å². The van der Waals surface area contributed by atoms with Crippen LogP contribution in [0.4, 0.5) is 5.69 Å². The number of aryl methyl sites for hydroxylation is 1. The molecular formula is C13H20N2O2. The number of anilines is 1. The third kappa shape index (κ3) is 3.46. The molecule has 0 bridgehead atoms. The molecule has 0 saturated carbocycles. The van der Waals surface area contributed by atoms with Crippen LogP contribution in [0.1, 0.15) is 26.3 Å². The smallest absolute Gasteiger partial charge is 0.244 e. The van der Waals surface area contributed by atoms with Crippen molar-refractivity contribution in [2.24, 2.45) is 0 Å². The molecule has 0 atom stereocenters. The number of aromatic hydroxyl groups is 1. The average molecular weight is 236 g/mol. The number of rotatable bonds is 4. The highest BCUT2D eigenvalue weighted by Gasteiger charge is 2.26. The summed E-state index contributed by atoms with van der Waals surface area (Å²) in [6.07, 6.45) is 0. The quantitative estimate of drug-likeness (QED) is 0.749. The van der Waals surface area contributed by atoms with Crippen LogP contribution in [0.5, 0.6) is 5.75 Å². The summed E-state index contributed by atoms with van der Waals surface area (Å²) >= 11 is 0. The van der Waals surface area contributed by atoms with E-state index in [4.69, 9.17) is 0 Å². The predicted molar refractivity (Wildman–Crippen MR) is 69.2 cm³/mol. The van der Waals surface area contributed by atoms with Crippen molar-refractivity contribution in [3.63, 3.8) is 0 Å². The first-order chi connectivity index (χ1) is 7.86. The lowest BCUT2D eigenvalue weighted by molar-refractivity contribution is -0.121. The molecule has 1 amide bonds. The number of phenolic OH excluding ortho intramolecular Hbond substituents is 1. The van der Waals surface area contributed by atoms with Crippen LogP contribution >= 0.6 is 0 Å². The highest BCUT2D eigenvalue weighted by molar-refractivity contribution is 5.97. The zero-order valence-corrected chi connectivity index (χ0v) is 10.8. The monoisotopic (exact) mass is 236 g/mol. The Morgan fingerprint density at radius 2 is 2.06 bits per heavy atom. The first kappa shape index (κ1) is 13.5. The predicted octanol–water partition coefficient (Wildman–Crippen LogP) is 2.03. The van der Waals surface area contributed by atoms with Crippen LogP contribution in [0.3, 0.4) is 0 Å². The summed E-state index contributed by atoms with van der Waals surface area (Å²) in [4.78, 5) is 12.0. The largest absolute Gasteiger partial charge is 0.508 e. The molecule has 94 valence electrons. The third-order valence-corrected chi connectivity index (χ3v) is 2.65. The fourth-order valence-electron chi connectivity index (χ4n) is 1.50. The molecule has 0 fully saturated rings. The van der Waals surface area contributed by atoms with E-state index in [-0.39, 0.29) is 11.7 Å². The highest BCUT2D eigenvalue weighted by Crippen LogP contribution is 2.21. The van der Waals surface area contributed by atoms with Gasteiger partial charge in [-0.05, 0) is 38.9 Å². The first-order valence-corrected chi connectivity index (χ1v) is 5.73. The summed E-state index contributed by atoms with van der Waals surface area (Å²) in [6, 6.07) is 5.09. The molecule has 0 aliphatic rings. The van der Waals surface area contributed by atoms with E-state index in [2.05, 4.69) is 10.6 Å². The Kier molecular flexibility index (Phi) is 4.12. The third-order valence-electron chi connectivity index (χ3n) is 2.65. The number of carbonyl (C=O) groups is 1. The van der Waals surface area contributed by atoms with Gasteiger partial charge in [-0.3, -0.25) is 4.79 Å². The van der Waals surface area contributed by atoms with Gasteiger partial charge < -0.3 is 15.7 Å². The summed E-state index contributed by atoms with van der Waals surface area (Å²) in [5.74, 6) is 0.0617. The van der Waals surface area contributed by atoms with Gasteiger partial charge in [0, 0.05) is 11.8 Å². The van der Waals surface area contributed by atoms with Crippen molar-refractivity contribution in [3.8, 4) is 5.75 Å². The summed E-state index contributed by atoms with van der Waals surface area (Å²) < 4.78 is 0. The standard InChI is InChI=1S/C13H20N2O2/c1-5-14-13(3,4)12(17)15-10-7-6-9(2)11(16)8-10/h6-8,14,16H,5H2,1-4H3,(H,15,17). The van der Waals surface area contributed by atoms with E-state index in [1.54, 1.807) is 18.2 Å². The molecule has 0 unspecified atom stereocenters. The molecule has 3 N–H and O–H groups in total. The lowest BCUT2D eigenvalue weighted by atomic mass is 10.0. The van der Waals surface area contributed by atoms with Crippen LogP contribution < -0.4 is 10.6 Å². The second-order valence-corrected chi connectivity index (χ2v) is 4.61. The van der Waals surface area contributed by atoms with E-state index < -0.39 is 5.54 Å². The maximum absolute atomic E-state index is 12.0. The van der Waals surface area contributed by atoms with Gasteiger partial charge in [0.15, 0.2) is 0 Å². The maximum atomic E-state index is 12.0. The summed E-state index contributed by atoms with van der Waals surface area (Å²) in [6.45, 7) is 8.12. The minimum absolute atomic E-state index is 0.123. The molecule has 1 aromatic rings. The van der Waals surface area contributed by atoms with Gasteiger partial charge in [0.05, 0.1) is 5.54 Å². The molecule has 0 spiro atoms. The Hall–Kier alpha value is -1.55. The van der Waals surface area contributed by atoms with Crippen LogP contribution in [0, 0.1) is 6.92 Å². The van der Waals surface area contributed by atoms with Gasteiger partial charge in [0.2, 0.25) is 5.91 Å². The number of benzene rings is 1. The van der Waals surface area contributed by atoms with Crippen molar-refractivity contribution in [2.45, 2.75) is 33.2 Å². The van der Waals surface area contributed by atoms with Crippen molar-refractivity contribution in [1.29, 1.82) is 0 Å². The minimum Gasteiger partial charge on any atom is -0.508 e. The first-order valence-electron chi connectivity index (χ1n) is 5.73. The molecule has 0 aliphatic carbocycles. The Labute approximate surface area is 102 Å². The molecule has 17 heavy (non-hydrogen) atoms. The second-order valence-electron chi connectivity index (χ2n) is 4.61. The molecule has 1 rings (SSSR count). The SMILES string of the molecule is CCNC(C)(C)C(=O)Nc1ccc(C)c(O)c1. The normalized spacial score (nSPS) is 11.3. The van der Waals surface area contributed by atoms with Gasteiger partial charge in [-0.25, -0.2) is 0 Å². The molecule has 0 aromatic heterocycles. The van der Waals surface area contributed by atoms with Crippen molar-refractivity contribution >= 4 is 11.6 Å². The molecule has 1 aromatic carbocycles. The Morgan fingerprint density at radius 1 is 1.41 bits per heavy atom. The van der Waals surface area contributed by atoms with E-state index in [1.165, 1.54) is 0 Å². The molecular weight excluding hydrogens is 216 g/mol. The number of nitrogens with one attached hydrogen (secondary N) is 2. The van der Waals surface area contributed by atoms with Crippen LogP contribution in [0.2, 0.25) is 0 Å². The lowest BCUT2D eigenvalue weighted by Crippen LogP contribution is -2.49. The molecule has 0 radical (unpaired) electrons. The van der Waals surface area contributed by atoms with Crippen molar-refractivity contribution in [2.75, 3.05) is 11.9 Å². The van der Waals surface area contributed by atoms with Crippen LogP contribution in [-0.4, -0.2) is 23.1 Å². The highest BCUT2D eigenvalue weighted by atomic mass is 16.3. The topological polar surface area (TPSA) is 61.4 Å². The van der Waals surface area contributed by atoms with E-state index in [1.807, 2.05) is 27.7 Å².